The zero-order valence-electron chi connectivity index (χ0n) is 14.7. The predicted molar refractivity (Wildman–Crippen MR) is 110 cm³/mol. The van der Waals surface area contributed by atoms with Gasteiger partial charge in [0.25, 0.3) is 0 Å². The first-order valence-electron chi connectivity index (χ1n) is 8.73. The van der Waals surface area contributed by atoms with Gasteiger partial charge >= 0.3 is 0 Å². The molecule has 1 aromatic carbocycles. The monoisotopic (exact) mass is 382 g/mol. The van der Waals surface area contributed by atoms with Gasteiger partial charge in [-0.2, -0.15) is 4.98 Å². The first kappa shape index (κ1) is 16.5. The Hall–Kier alpha value is -3.64. The zero-order valence-corrected chi connectivity index (χ0v) is 15.5. The van der Waals surface area contributed by atoms with Gasteiger partial charge < -0.3 is 4.74 Å². The van der Waals surface area contributed by atoms with E-state index in [1.54, 1.807) is 29.9 Å². The molecule has 4 aromatic heterocycles. The molecular weight excluding hydrogens is 368 g/mol. The molecule has 4 heterocycles. The van der Waals surface area contributed by atoms with Crippen molar-refractivity contribution in [2.75, 3.05) is 0 Å². The van der Waals surface area contributed by atoms with Crippen LogP contribution in [0.4, 0.5) is 0 Å². The lowest BCUT2D eigenvalue weighted by atomic mass is 10.2. The van der Waals surface area contributed by atoms with E-state index in [0.717, 1.165) is 20.7 Å². The summed E-state index contributed by atoms with van der Waals surface area (Å²) in [5.74, 6) is 1.66. The maximum absolute atomic E-state index is 6.07. The first-order chi connectivity index (χ1) is 13.9. The highest BCUT2D eigenvalue weighted by molar-refractivity contribution is 7.21. The molecule has 0 saturated carbocycles. The van der Waals surface area contributed by atoms with E-state index in [1.807, 2.05) is 48.5 Å². The van der Waals surface area contributed by atoms with Gasteiger partial charge in [0, 0.05) is 17.3 Å². The second kappa shape index (κ2) is 7.17. The van der Waals surface area contributed by atoms with Crippen molar-refractivity contribution >= 4 is 21.6 Å². The third-order valence-electron chi connectivity index (χ3n) is 4.16. The van der Waals surface area contributed by atoms with E-state index >= 15 is 0 Å². The van der Waals surface area contributed by atoms with Crippen LogP contribution in [0.3, 0.4) is 0 Å². The maximum Gasteiger partial charge on any atom is 0.231 e. The molecule has 134 valence electrons. The topological polar surface area (TPSA) is 60.8 Å². The molecule has 6 heteroatoms. The van der Waals surface area contributed by atoms with Gasteiger partial charge in [0.15, 0.2) is 5.82 Å². The van der Waals surface area contributed by atoms with E-state index < -0.39 is 0 Å². The standard InChI is InChI=1S/C22H14N4OS/c1-2-7-15(8-3-1)19-13-17-21(27-16-9-6-11-23-14-16)25-20(26-22(17)28-19)18-10-4-5-12-24-18/h1-14H. The minimum atomic E-state index is 0.497. The van der Waals surface area contributed by atoms with Crippen molar-refractivity contribution in [3.05, 3.63) is 85.3 Å². The fourth-order valence-corrected chi connectivity index (χ4v) is 3.87. The fourth-order valence-electron chi connectivity index (χ4n) is 2.85. The van der Waals surface area contributed by atoms with E-state index in [1.165, 1.54) is 0 Å². The molecule has 0 saturated heterocycles. The average molecular weight is 382 g/mol. The van der Waals surface area contributed by atoms with Crippen LogP contribution in [0.2, 0.25) is 0 Å². The fraction of sp³-hybridized carbons (Fsp3) is 0. The molecule has 0 unspecified atom stereocenters. The van der Waals surface area contributed by atoms with Crippen LogP contribution in [0, 0.1) is 0 Å². The predicted octanol–water partition coefficient (Wildman–Crippen LogP) is 5.61. The summed E-state index contributed by atoms with van der Waals surface area (Å²) in [4.78, 5) is 19.9. The molecule has 0 spiro atoms. The molecule has 5 nitrogen and oxygen atoms in total. The Balaban J connectivity index is 1.69. The van der Waals surface area contributed by atoms with Gasteiger partial charge in [0.2, 0.25) is 5.88 Å². The van der Waals surface area contributed by atoms with Crippen molar-refractivity contribution in [1.82, 2.24) is 19.9 Å². The Morgan fingerprint density at radius 2 is 1.71 bits per heavy atom. The van der Waals surface area contributed by atoms with Gasteiger partial charge in [0.05, 0.1) is 11.6 Å². The summed E-state index contributed by atoms with van der Waals surface area (Å²) in [7, 11) is 0. The van der Waals surface area contributed by atoms with Crippen molar-refractivity contribution in [1.29, 1.82) is 0 Å². The number of hydrogen-bond donors (Lipinski definition) is 0. The third kappa shape index (κ3) is 3.21. The second-order valence-corrected chi connectivity index (χ2v) is 7.08. The number of ether oxygens (including phenoxy) is 1. The molecule has 0 aliphatic carbocycles. The summed E-state index contributed by atoms with van der Waals surface area (Å²) >= 11 is 1.61. The Morgan fingerprint density at radius 3 is 2.50 bits per heavy atom. The summed E-state index contributed by atoms with van der Waals surface area (Å²) in [5.41, 5.74) is 1.84. The van der Waals surface area contributed by atoms with Gasteiger partial charge in [-0.3, -0.25) is 9.97 Å². The van der Waals surface area contributed by atoms with Crippen LogP contribution in [0.5, 0.6) is 11.6 Å². The Kier molecular flexibility index (Phi) is 4.23. The molecule has 0 aliphatic rings. The number of fused-ring (bicyclic) bond motifs is 1. The number of hydrogen-bond acceptors (Lipinski definition) is 6. The number of aromatic nitrogens is 4. The van der Waals surface area contributed by atoms with Crippen LogP contribution >= 0.6 is 11.3 Å². The van der Waals surface area contributed by atoms with Crippen LogP contribution in [0.15, 0.2) is 85.3 Å². The lowest BCUT2D eigenvalue weighted by molar-refractivity contribution is 0.467. The normalized spacial score (nSPS) is 10.9. The van der Waals surface area contributed by atoms with Crippen LogP contribution in [0.25, 0.3) is 32.2 Å². The van der Waals surface area contributed by atoms with Crippen LogP contribution in [-0.4, -0.2) is 19.9 Å². The highest BCUT2D eigenvalue weighted by Gasteiger charge is 2.16. The minimum absolute atomic E-state index is 0.497. The van der Waals surface area contributed by atoms with Crippen molar-refractivity contribution in [3.63, 3.8) is 0 Å². The third-order valence-corrected chi connectivity index (χ3v) is 5.24. The number of benzene rings is 1. The van der Waals surface area contributed by atoms with E-state index in [4.69, 9.17) is 9.72 Å². The summed E-state index contributed by atoms with van der Waals surface area (Å²) in [5, 5.41) is 0.868. The molecule has 5 aromatic rings. The quantitative estimate of drug-likeness (QED) is 0.404. The van der Waals surface area contributed by atoms with Crippen molar-refractivity contribution in [3.8, 4) is 33.6 Å². The van der Waals surface area contributed by atoms with Crippen LogP contribution in [-0.2, 0) is 0 Å². The van der Waals surface area contributed by atoms with Crippen LogP contribution < -0.4 is 4.74 Å². The van der Waals surface area contributed by atoms with E-state index in [-0.39, 0.29) is 0 Å². The van der Waals surface area contributed by atoms with Gasteiger partial charge in [-0.05, 0) is 35.9 Å². The van der Waals surface area contributed by atoms with Crippen molar-refractivity contribution < 1.29 is 4.74 Å². The number of thiophene rings is 1. The van der Waals surface area contributed by atoms with E-state index in [0.29, 0.717) is 23.1 Å². The summed E-state index contributed by atoms with van der Waals surface area (Å²) in [6.07, 6.45) is 5.10. The molecule has 0 radical (unpaired) electrons. The van der Waals surface area contributed by atoms with Crippen LogP contribution in [0.1, 0.15) is 0 Å². The minimum Gasteiger partial charge on any atom is -0.437 e. The van der Waals surface area contributed by atoms with Gasteiger partial charge in [0.1, 0.15) is 16.3 Å². The average Bonchev–Trinajstić information content (AvgIpc) is 3.20. The summed E-state index contributed by atoms with van der Waals surface area (Å²) in [6, 6.07) is 21.7. The molecule has 5 rings (SSSR count). The SMILES string of the molecule is c1ccc(-c2cc3c(Oc4cccnc4)nc(-c4ccccn4)nc3s2)cc1. The smallest absolute Gasteiger partial charge is 0.231 e. The molecule has 0 amide bonds. The lowest BCUT2D eigenvalue weighted by Crippen LogP contribution is -1.95. The number of rotatable bonds is 4. The highest BCUT2D eigenvalue weighted by atomic mass is 32.1. The van der Waals surface area contributed by atoms with E-state index in [2.05, 4.69) is 33.2 Å². The summed E-state index contributed by atoms with van der Waals surface area (Å²) < 4.78 is 6.07. The van der Waals surface area contributed by atoms with Gasteiger partial charge in [-0.15, -0.1) is 11.3 Å². The molecule has 28 heavy (non-hydrogen) atoms. The summed E-state index contributed by atoms with van der Waals surface area (Å²) in [6.45, 7) is 0. The lowest BCUT2D eigenvalue weighted by Gasteiger charge is -2.07. The number of nitrogens with zero attached hydrogens (tertiary/aromatic N) is 4. The zero-order chi connectivity index (χ0) is 18.8. The maximum atomic E-state index is 6.07. The van der Waals surface area contributed by atoms with Gasteiger partial charge in [-0.25, -0.2) is 4.98 Å². The molecule has 0 atom stereocenters. The van der Waals surface area contributed by atoms with Crippen molar-refractivity contribution in [2.45, 2.75) is 0 Å². The molecule has 0 aliphatic heterocycles. The molecule has 0 N–H and O–H groups in total. The van der Waals surface area contributed by atoms with Gasteiger partial charge in [-0.1, -0.05) is 36.4 Å². The first-order valence-corrected chi connectivity index (χ1v) is 9.55. The Bertz CT molecular complexity index is 1230. The highest BCUT2D eigenvalue weighted by Crippen LogP contribution is 2.38. The largest absolute Gasteiger partial charge is 0.437 e. The van der Waals surface area contributed by atoms with E-state index in [9.17, 15) is 0 Å². The Labute approximate surface area is 165 Å². The molecule has 0 bridgehead atoms. The number of pyridine rings is 2. The molecule has 0 fully saturated rings. The second-order valence-electron chi connectivity index (χ2n) is 6.05. The van der Waals surface area contributed by atoms with Crippen molar-refractivity contribution in [2.24, 2.45) is 0 Å². The Morgan fingerprint density at radius 1 is 0.821 bits per heavy atom. The molecular formula is C22H14N4OS.